The van der Waals surface area contributed by atoms with Gasteiger partial charge in [-0.2, -0.15) is 0 Å². The van der Waals surface area contributed by atoms with Crippen LogP contribution in [0.4, 0.5) is 5.69 Å². The van der Waals surface area contributed by atoms with Crippen LogP contribution >= 0.6 is 0 Å². The Bertz CT molecular complexity index is 410. The minimum atomic E-state index is -0.334. The standard InChI is InChI=1S/C14H22N2O3/c1-9(2)15-14(17)10(3)16-11-6-12(18-4)8-13(7-11)19-5/h6-10,16H,1-5H3,(H,15,17)/t10-/m1/s1. The van der Waals surface area contributed by atoms with E-state index in [1.54, 1.807) is 20.3 Å². The van der Waals surface area contributed by atoms with E-state index in [9.17, 15) is 4.79 Å². The highest BCUT2D eigenvalue weighted by Gasteiger charge is 2.14. The van der Waals surface area contributed by atoms with Crippen molar-refractivity contribution in [1.82, 2.24) is 5.32 Å². The average molecular weight is 266 g/mol. The lowest BCUT2D eigenvalue weighted by Gasteiger charge is -2.18. The van der Waals surface area contributed by atoms with Gasteiger partial charge in [0.1, 0.15) is 17.5 Å². The van der Waals surface area contributed by atoms with Crippen LogP contribution < -0.4 is 20.1 Å². The summed E-state index contributed by atoms with van der Waals surface area (Å²) in [5.41, 5.74) is 0.780. The van der Waals surface area contributed by atoms with E-state index in [1.807, 2.05) is 32.9 Å². The molecule has 0 unspecified atom stereocenters. The number of carbonyl (C=O) groups is 1. The third kappa shape index (κ3) is 4.69. The molecule has 0 aliphatic carbocycles. The van der Waals surface area contributed by atoms with E-state index in [2.05, 4.69) is 10.6 Å². The minimum absolute atomic E-state index is 0.0446. The summed E-state index contributed by atoms with van der Waals surface area (Å²) in [6.07, 6.45) is 0. The van der Waals surface area contributed by atoms with E-state index in [-0.39, 0.29) is 18.0 Å². The molecular weight excluding hydrogens is 244 g/mol. The number of benzene rings is 1. The molecular formula is C14H22N2O3. The Kier molecular flexibility index (Phi) is 5.48. The summed E-state index contributed by atoms with van der Waals surface area (Å²) in [7, 11) is 3.18. The number of nitrogens with one attached hydrogen (secondary N) is 2. The maximum absolute atomic E-state index is 11.8. The Labute approximate surface area is 114 Å². The van der Waals surface area contributed by atoms with Gasteiger partial charge >= 0.3 is 0 Å². The average Bonchev–Trinajstić information content (AvgIpc) is 2.37. The largest absolute Gasteiger partial charge is 0.497 e. The first-order chi connectivity index (χ1) is 8.96. The number of carbonyl (C=O) groups excluding carboxylic acids is 1. The van der Waals surface area contributed by atoms with Crippen molar-refractivity contribution >= 4 is 11.6 Å². The zero-order chi connectivity index (χ0) is 14.4. The maximum atomic E-state index is 11.8. The van der Waals surface area contributed by atoms with Crippen molar-refractivity contribution in [2.45, 2.75) is 32.9 Å². The van der Waals surface area contributed by atoms with Gasteiger partial charge in [-0.15, -0.1) is 0 Å². The van der Waals surface area contributed by atoms with Crippen molar-refractivity contribution < 1.29 is 14.3 Å². The molecule has 0 aliphatic rings. The van der Waals surface area contributed by atoms with Gasteiger partial charge in [0, 0.05) is 29.9 Å². The molecule has 1 atom stereocenters. The van der Waals surface area contributed by atoms with Gasteiger partial charge < -0.3 is 20.1 Å². The summed E-state index contributed by atoms with van der Waals surface area (Å²) in [6, 6.07) is 5.21. The number of ether oxygens (including phenoxy) is 2. The molecule has 0 radical (unpaired) electrons. The fourth-order valence-electron chi connectivity index (χ4n) is 1.62. The van der Waals surface area contributed by atoms with Crippen molar-refractivity contribution in [2.75, 3.05) is 19.5 Å². The summed E-state index contributed by atoms with van der Waals surface area (Å²) in [5, 5.41) is 5.98. The summed E-state index contributed by atoms with van der Waals surface area (Å²) < 4.78 is 10.4. The molecule has 5 heteroatoms. The Balaban J connectivity index is 2.78. The molecule has 106 valence electrons. The first-order valence-corrected chi connectivity index (χ1v) is 6.26. The summed E-state index contributed by atoms with van der Waals surface area (Å²) in [5.74, 6) is 1.31. The summed E-state index contributed by atoms with van der Waals surface area (Å²) >= 11 is 0. The molecule has 0 fully saturated rings. The molecule has 19 heavy (non-hydrogen) atoms. The van der Waals surface area contributed by atoms with E-state index < -0.39 is 0 Å². The number of hydrogen-bond acceptors (Lipinski definition) is 4. The summed E-state index contributed by atoms with van der Waals surface area (Å²) in [4.78, 5) is 11.8. The third-order valence-corrected chi connectivity index (χ3v) is 2.56. The molecule has 0 aliphatic heterocycles. The molecule has 0 bridgehead atoms. The molecule has 2 N–H and O–H groups in total. The van der Waals surface area contributed by atoms with E-state index in [0.29, 0.717) is 11.5 Å². The molecule has 0 aromatic heterocycles. The van der Waals surface area contributed by atoms with Gasteiger partial charge in [0.15, 0.2) is 0 Å². The molecule has 1 rings (SSSR count). The number of methoxy groups -OCH3 is 2. The molecule has 1 amide bonds. The van der Waals surface area contributed by atoms with Gasteiger partial charge in [0.2, 0.25) is 5.91 Å². The van der Waals surface area contributed by atoms with Crippen LogP contribution in [0.2, 0.25) is 0 Å². The molecule has 5 nitrogen and oxygen atoms in total. The van der Waals surface area contributed by atoms with Crippen molar-refractivity contribution in [1.29, 1.82) is 0 Å². The van der Waals surface area contributed by atoms with Crippen LogP contribution in [0.1, 0.15) is 20.8 Å². The van der Waals surface area contributed by atoms with E-state index in [4.69, 9.17) is 9.47 Å². The Hall–Kier alpha value is -1.91. The van der Waals surface area contributed by atoms with Gasteiger partial charge in [0.05, 0.1) is 14.2 Å². The second-order valence-corrected chi connectivity index (χ2v) is 4.63. The van der Waals surface area contributed by atoms with Crippen LogP contribution in [0.25, 0.3) is 0 Å². The molecule has 0 saturated heterocycles. The van der Waals surface area contributed by atoms with Crippen LogP contribution in [0.3, 0.4) is 0 Å². The van der Waals surface area contributed by atoms with Crippen molar-refractivity contribution in [2.24, 2.45) is 0 Å². The topological polar surface area (TPSA) is 59.6 Å². The van der Waals surface area contributed by atoms with Crippen LogP contribution in [0.15, 0.2) is 18.2 Å². The smallest absolute Gasteiger partial charge is 0.242 e. The highest BCUT2D eigenvalue weighted by Crippen LogP contribution is 2.26. The highest BCUT2D eigenvalue weighted by atomic mass is 16.5. The summed E-state index contributed by atoms with van der Waals surface area (Å²) in [6.45, 7) is 5.67. The minimum Gasteiger partial charge on any atom is -0.497 e. The SMILES string of the molecule is COc1cc(N[C@H](C)C(=O)NC(C)C)cc(OC)c1. The lowest BCUT2D eigenvalue weighted by Crippen LogP contribution is -2.40. The van der Waals surface area contributed by atoms with Crippen molar-refractivity contribution in [3.63, 3.8) is 0 Å². The molecule has 0 spiro atoms. The second-order valence-electron chi connectivity index (χ2n) is 4.63. The Morgan fingerprint density at radius 3 is 2.00 bits per heavy atom. The Morgan fingerprint density at radius 1 is 1.05 bits per heavy atom. The first kappa shape index (κ1) is 15.1. The number of rotatable bonds is 6. The van der Waals surface area contributed by atoms with Crippen molar-refractivity contribution in [3.05, 3.63) is 18.2 Å². The predicted molar refractivity (Wildman–Crippen MR) is 75.9 cm³/mol. The quantitative estimate of drug-likeness (QED) is 0.827. The molecule has 0 heterocycles. The molecule has 0 saturated carbocycles. The lowest BCUT2D eigenvalue weighted by molar-refractivity contribution is -0.122. The highest BCUT2D eigenvalue weighted by molar-refractivity contribution is 5.84. The van der Waals surface area contributed by atoms with Crippen LogP contribution in [-0.4, -0.2) is 32.2 Å². The van der Waals surface area contributed by atoms with Crippen LogP contribution in [-0.2, 0) is 4.79 Å². The van der Waals surface area contributed by atoms with E-state index in [0.717, 1.165) is 5.69 Å². The molecule has 1 aromatic rings. The monoisotopic (exact) mass is 266 g/mol. The van der Waals surface area contributed by atoms with Gasteiger partial charge in [0.25, 0.3) is 0 Å². The predicted octanol–water partition coefficient (Wildman–Crippen LogP) is 2.03. The number of amides is 1. The normalized spacial score (nSPS) is 11.9. The number of anilines is 1. The fourth-order valence-corrected chi connectivity index (χ4v) is 1.62. The third-order valence-electron chi connectivity index (χ3n) is 2.56. The number of hydrogen-bond donors (Lipinski definition) is 2. The van der Waals surface area contributed by atoms with Crippen LogP contribution in [0, 0.1) is 0 Å². The van der Waals surface area contributed by atoms with E-state index in [1.165, 1.54) is 0 Å². The first-order valence-electron chi connectivity index (χ1n) is 6.26. The maximum Gasteiger partial charge on any atom is 0.242 e. The van der Waals surface area contributed by atoms with E-state index >= 15 is 0 Å². The zero-order valence-electron chi connectivity index (χ0n) is 12.1. The lowest BCUT2D eigenvalue weighted by atomic mass is 10.2. The van der Waals surface area contributed by atoms with Gasteiger partial charge in [-0.3, -0.25) is 4.79 Å². The van der Waals surface area contributed by atoms with Crippen LogP contribution in [0.5, 0.6) is 11.5 Å². The van der Waals surface area contributed by atoms with Gasteiger partial charge in [-0.1, -0.05) is 0 Å². The second kappa shape index (κ2) is 6.87. The fraction of sp³-hybridized carbons (Fsp3) is 0.500. The Morgan fingerprint density at radius 2 is 1.58 bits per heavy atom. The van der Waals surface area contributed by atoms with Crippen molar-refractivity contribution in [3.8, 4) is 11.5 Å². The van der Waals surface area contributed by atoms with Gasteiger partial charge in [-0.05, 0) is 20.8 Å². The van der Waals surface area contributed by atoms with Gasteiger partial charge in [-0.25, -0.2) is 0 Å². The molecule has 1 aromatic carbocycles. The zero-order valence-corrected chi connectivity index (χ0v) is 12.1.